The van der Waals surface area contributed by atoms with Crippen molar-refractivity contribution >= 4 is 5.91 Å². The van der Waals surface area contributed by atoms with Gasteiger partial charge < -0.3 is 14.2 Å². The van der Waals surface area contributed by atoms with Crippen LogP contribution < -0.4 is 0 Å². The third-order valence-electron chi connectivity index (χ3n) is 5.16. The molecule has 2 aromatic carbocycles. The highest BCUT2D eigenvalue weighted by atomic mass is 16.5. The molecular weight excluding hydrogens is 366 g/mol. The molecule has 0 bridgehead atoms. The summed E-state index contributed by atoms with van der Waals surface area (Å²) in [6.07, 6.45) is 3.05. The number of benzene rings is 2. The van der Waals surface area contributed by atoms with Gasteiger partial charge in [0.2, 0.25) is 5.91 Å². The average molecular weight is 391 g/mol. The van der Waals surface area contributed by atoms with Crippen molar-refractivity contribution in [2.24, 2.45) is 0 Å². The van der Waals surface area contributed by atoms with E-state index in [1.165, 1.54) is 5.56 Å². The predicted molar refractivity (Wildman–Crippen MR) is 108 cm³/mol. The van der Waals surface area contributed by atoms with Gasteiger partial charge in [-0.3, -0.25) is 4.79 Å². The summed E-state index contributed by atoms with van der Waals surface area (Å²) >= 11 is 0. The lowest BCUT2D eigenvalue weighted by molar-refractivity contribution is -0.132. The number of aromatic nitrogens is 2. The van der Waals surface area contributed by atoms with Crippen LogP contribution in [0, 0.1) is 0 Å². The first-order valence-corrected chi connectivity index (χ1v) is 10.1. The van der Waals surface area contributed by atoms with Gasteiger partial charge in [0.05, 0.1) is 12.6 Å². The molecule has 1 aliphatic heterocycles. The van der Waals surface area contributed by atoms with Crippen LogP contribution >= 0.6 is 0 Å². The van der Waals surface area contributed by atoms with Crippen LogP contribution in [0.5, 0.6) is 0 Å². The number of carbonyl (C=O) groups excluding carboxylic acids is 1. The molecule has 1 fully saturated rings. The fraction of sp³-hybridized carbons (Fsp3) is 0.348. The van der Waals surface area contributed by atoms with E-state index in [0.717, 1.165) is 31.4 Å². The summed E-state index contributed by atoms with van der Waals surface area (Å²) in [5.74, 6) is 1.16. The normalized spacial score (nSPS) is 16.3. The van der Waals surface area contributed by atoms with Crippen LogP contribution in [0.2, 0.25) is 0 Å². The van der Waals surface area contributed by atoms with Gasteiger partial charge in [0.25, 0.3) is 5.89 Å². The number of likely N-dealkylation sites (tertiary alicyclic amines) is 1. The number of hydrogen-bond donors (Lipinski definition) is 0. The maximum Gasteiger partial charge on any atom is 0.252 e. The number of nitrogens with zero attached hydrogens (tertiary/aromatic N) is 3. The summed E-state index contributed by atoms with van der Waals surface area (Å²) in [5, 5.41) is 4.11. The van der Waals surface area contributed by atoms with E-state index in [-0.39, 0.29) is 18.6 Å². The Balaban J connectivity index is 1.31. The van der Waals surface area contributed by atoms with Crippen LogP contribution in [0.4, 0.5) is 0 Å². The summed E-state index contributed by atoms with van der Waals surface area (Å²) < 4.78 is 11.0. The second-order valence-electron chi connectivity index (χ2n) is 7.26. The van der Waals surface area contributed by atoms with Crippen molar-refractivity contribution in [3.8, 4) is 0 Å². The Hall–Kier alpha value is -2.99. The van der Waals surface area contributed by atoms with E-state index in [2.05, 4.69) is 22.3 Å². The Labute approximate surface area is 170 Å². The van der Waals surface area contributed by atoms with Crippen molar-refractivity contribution in [1.29, 1.82) is 0 Å². The molecule has 1 atom stereocenters. The third-order valence-corrected chi connectivity index (χ3v) is 5.16. The van der Waals surface area contributed by atoms with E-state index in [1.807, 2.05) is 53.4 Å². The number of carbonyl (C=O) groups is 1. The summed E-state index contributed by atoms with van der Waals surface area (Å²) in [4.78, 5) is 19.1. The molecule has 1 aromatic heterocycles. The summed E-state index contributed by atoms with van der Waals surface area (Å²) in [5.41, 5.74) is 2.27. The maximum atomic E-state index is 12.8. The largest absolute Gasteiger partial charge is 0.367 e. The molecule has 6 nitrogen and oxygen atoms in total. The van der Waals surface area contributed by atoms with E-state index in [9.17, 15) is 4.79 Å². The van der Waals surface area contributed by atoms with Crippen molar-refractivity contribution in [3.63, 3.8) is 0 Å². The van der Waals surface area contributed by atoms with Gasteiger partial charge in [0, 0.05) is 13.0 Å². The Bertz CT molecular complexity index is 911. The maximum absolute atomic E-state index is 12.8. The van der Waals surface area contributed by atoms with Gasteiger partial charge in [-0.2, -0.15) is 4.98 Å². The van der Waals surface area contributed by atoms with E-state index < -0.39 is 0 Å². The van der Waals surface area contributed by atoms with E-state index >= 15 is 0 Å². The molecule has 29 heavy (non-hydrogen) atoms. The Morgan fingerprint density at radius 3 is 2.52 bits per heavy atom. The quantitative estimate of drug-likeness (QED) is 0.579. The topological polar surface area (TPSA) is 68.5 Å². The first-order chi connectivity index (χ1) is 14.3. The zero-order valence-corrected chi connectivity index (χ0v) is 16.4. The van der Waals surface area contributed by atoms with Gasteiger partial charge >= 0.3 is 0 Å². The minimum absolute atomic E-state index is 0.107. The molecule has 1 aliphatic rings. The molecule has 2 heterocycles. The van der Waals surface area contributed by atoms with Crippen molar-refractivity contribution in [2.45, 2.75) is 44.9 Å². The van der Waals surface area contributed by atoms with Gasteiger partial charge in [-0.05, 0) is 30.4 Å². The fourth-order valence-electron chi connectivity index (χ4n) is 3.67. The predicted octanol–water partition coefficient (Wildman–Crippen LogP) is 4.08. The smallest absolute Gasteiger partial charge is 0.252 e. The number of aryl methyl sites for hydroxylation is 1. The van der Waals surface area contributed by atoms with Gasteiger partial charge in [-0.15, -0.1) is 0 Å². The number of hydrogen-bond acceptors (Lipinski definition) is 5. The van der Waals surface area contributed by atoms with Crippen LogP contribution in [0.3, 0.4) is 0 Å². The molecule has 1 amide bonds. The molecule has 0 spiro atoms. The Morgan fingerprint density at radius 2 is 1.76 bits per heavy atom. The molecular formula is C23H25N3O3. The monoisotopic (exact) mass is 391 g/mol. The van der Waals surface area contributed by atoms with Crippen LogP contribution in [-0.4, -0.2) is 27.5 Å². The minimum atomic E-state index is -0.107. The van der Waals surface area contributed by atoms with Crippen LogP contribution in [0.25, 0.3) is 0 Å². The van der Waals surface area contributed by atoms with Crippen LogP contribution in [0.1, 0.15) is 48.1 Å². The van der Waals surface area contributed by atoms with E-state index in [1.54, 1.807) is 0 Å². The second-order valence-corrected chi connectivity index (χ2v) is 7.26. The fourth-order valence-corrected chi connectivity index (χ4v) is 3.67. The highest BCUT2D eigenvalue weighted by molar-refractivity contribution is 5.77. The zero-order chi connectivity index (χ0) is 19.9. The van der Waals surface area contributed by atoms with Gasteiger partial charge in [-0.1, -0.05) is 65.8 Å². The van der Waals surface area contributed by atoms with Crippen molar-refractivity contribution < 1.29 is 14.1 Å². The lowest BCUT2D eigenvalue weighted by atomic mass is 10.1. The summed E-state index contributed by atoms with van der Waals surface area (Å²) in [6, 6.07) is 19.9. The molecule has 0 N–H and O–H groups in total. The van der Waals surface area contributed by atoms with Crippen molar-refractivity contribution in [3.05, 3.63) is 83.5 Å². The number of rotatable bonds is 8. The molecule has 0 saturated carbocycles. The SMILES string of the molecule is O=C(CCc1ccccc1)N1CCCC1c1noc(COCc2ccccc2)n1. The molecule has 1 unspecified atom stereocenters. The molecule has 6 heteroatoms. The number of ether oxygens (including phenoxy) is 1. The van der Waals surface area contributed by atoms with Crippen LogP contribution in [-0.2, 0) is 29.2 Å². The van der Waals surface area contributed by atoms with Crippen LogP contribution in [0.15, 0.2) is 65.2 Å². The Kier molecular flexibility index (Phi) is 6.32. The molecule has 0 aliphatic carbocycles. The van der Waals surface area contributed by atoms with Crippen molar-refractivity contribution in [1.82, 2.24) is 15.0 Å². The third kappa shape index (κ3) is 5.09. The standard InChI is InChI=1S/C23H25N3O3/c27-22(14-13-18-8-3-1-4-9-18)26-15-7-12-20(26)23-24-21(29-25-23)17-28-16-19-10-5-2-6-11-19/h1-6,8-11,20H,7,12-17H2. The van der Waals surface area contributed by atoms with Crippen molar-refractivity contribution in [2.75, 3.05) is 6.54 Å². The molecule has 3 aromatic rings. The average Bonchev–Trinajstić information content (AvgIpc) is 3.43. The second kappa shape index (κ2) is 9.47. The first kappa shape index (κ1) is 19.3. The number of amides is 1. The zero-order valence-electron chi connectivity index (χ0n) is 16.4. The first-order valence-electron chi connectivity index (χ1n) is 10.1. The highest BCUT2D eigenvalue weighted by Crippen LogP contribution is 2.31. The Morgan fingerprint density at radius 1 is 1.03 bits per heavy atom. The lowest BCUT2D eigenvalue weighted by Crippen LogP contribution is -2.31. The highest BCUT2D eigenvalue weighted by Gasteiger charge is 2.33. The van der Waals surface area contributed by atoms with E-state index in [4.69, 9.17) is 9.26 Å². The molecule has 1 saturated heterocycles. The minimum Gasteiger partial charge on any atom is -0.367 e. The lowest BCUT2D eigenvalue weighted by Gasteiger charge is -2.22. The van der Waals surface area contributed by atoms with Gasteiger partial charge in [0.1, 0.15) is 6.61 Å². The van der Waals surface area contributed by atoms with E-state index in [0.29, 0.717) is 24.7 Å². The van der Waals surface area contributed by atoms with Gasteiger partial charge in [0.15, 0.2) is 5.82 Å². The summed E-state index contributed by atoms with van der Waals surface area (Å²) in [7, 11) is 0. The molecule has 4 rings (SSSR count). The van der Waals surface area contributed by atoms with Gasteiger partial charge in [-0.25, -0.2) is 0 Å². The molecule has 150 valence electrons. The molecule has 0 radical (unpaired) electrons. The summed E-state index contributed by atoms with van der Waals surface area (Å²) in [6.45, 7) is 1.50.